The van der Waals surface area contributed by atoms with Gasteiger partial charge in [-0.2, -0.15) is 8.42 Å². The van der Waals surface area contributed by atoms with Crippen molar-refractivity contribution in [1.29, 1.82) is 0 Å². The van der Waals surface area contributed by atoms with Crippen molar-refractivity contribution >= 4 is 27.2 Å². The number of rotatable bonds is 7. The van der Waals surface area contributed by atoms with Crippen molar-refractivity contribution in [3.8, 4) is 0 Å². The van der Waals surface area contributed by atoms with Crippen LogP contribution in [0.4, 0.5) is 5.82 Å². The molecule has 3 aromatic rings. The average molecular weight is 458 g/mol. The first-order valence-corrected chi connectivity index (χ1v) is 12.3. The highest BCUT2D eigenvalue weighted by atomic mass is 32.2. The summed E-state index contributed by atoms with van der Waals surface area (Å²) in [6.07, 6.45) is 7.04. The molecule has 2 heterocycles. The first-order valence-electron chi connectivity index (χ1n) is 10.8. The summed E-state index contributed by atoms with van der Waals surface area (Å²) in [5, 5.41) is 9.59. The van der Waals surface area contributed by atoms with Crippen molar-refractivity contribution in [2.75, 3.05) is 19.0 Å². The van der Waals surface area contributed by atoms with Crippen molar-refractivity contribution in [1.82, 2.24) is 14.5 Å². The molecule has 0 radical (unpaired) electrons. The van der Waals surface area contributed by atoms with Crippen molar-refractivity contribution in [2.24, 2.45) is 11.1 Å². The Morgan fingerprint density at radius 3 is 2.88 bits per heavy atom. The van der Waals surface area contributed by atoms with Gasteiger partial charge in [-0.25, -0.2) is 15.1 Å². The van der Waals surface area contributed by atoms with Crippen molar-refractivity contribution in [3.05, 3.63) is 54.0 Å². The van der Waals surface area contributed by atoms with Crippen LogP contribution < -0.4 is 10.5 Å². The maximum atomic E-state index is 11.2. The lowest BCUT2D eigenvalue weighted by Gasteiger charge is -2.16. The molecule has 0 aliphatic heterocycles. The Kier molecular flexibility index (Phi) is 5.62. The highest BCUT2D eigenvalue weighted by Crippen LogP contribution is 2.40. The van der Waals surface area contributed by atoms with Crippen LogP contribution >= 0.6 is 0 Å². The van der Waals surface area contributed by atoms with Crippen molar-refractivity contribution in [2.45, 2.75) is 43.9 Å². The molecule has 0 saturated heterocycles. The highest BCUT2D eigenvalue weighted by Gasteiger charge is 2.37. The highest BCUT2D eigenvalue weighted by molar-refractivity contribution is 7.84. The van der Waals surface area contributed by atoms with Crippen LogP contribution in [0.5, 0.6) is 0 Å². The molecular formula is C22H27N5O4S. The number of nitrogens with two attached hydrogens (primary N) is 1. The molecule has 0 spiro atoms. The third-order valence-corrected chi connectivity index (χ3v) is 7.17. The smallest absolute Gasteiger partial charge is 0.333 e. The third kappa shape index (κ3) is 4.11. The van der Waals surface area contributed by atoms with Crippen LogP contribution in [0.1, 0.15) is 42.5 Å². The van der Waals surface area contributed by atoms with Crippen LogP contribution in [0.2, 0.25) is 0 Å². The standard InChI is InChI=1S/C22H27N5O4S/c1-30-20-11-16(10-15(20)12-31-32(23,28)29)27-9-8-18-21(24-13-25-22(18)27)26-19-7-6-14-4-2-3-5-17(14)19/h2-5,8-9,13,15-16,19-20H,6-7,10-12H2,1H3,(H2,23,28,29)(H,24,25,26)/t15-,16+,19-,20-/m0/s1. The lowest BCUT2D eigenvalue weighted by atomic mass is 10.1. The van der Waals surface area contributed by atoms with E-state index in [2.05, 4.69) is 44.1 Å². The van der Waals surface area contributed by atoms with E-state index in [9.17, 15) is 8.42 Å². The number of benzene rings is 1. The molecule has 0 bridgehead atoms. The summed E-state index contributed by atoms with van der Waals surface area (Å²) in [6, 6.07) is 10.9. The van der Waals surface area contributed by atoms with E-state index >= 15 is 0 Å². The summed E-state index contributed by atoms with van der Waals surface area (Å²) in [7, 11) is -2.35. The van der Waals surface area contributed by atoms with E-state index in [1.807, 2.05) is 12.3 Å². The quantitative estimate of drug-likeness (QED) is 0.559. The molecule has 4 atom stereocenters. The SMILES string of the molecule is CO[C@H]1C[C@H](n2ccc3c(N[C@H]4CCc5ccccc54)ncnc32)C[C@H]1COS(N)(=O)=O. The summed E-state index contributed by atoms with van der Waals surface area (Å²) in [5.74, 6) is 0.751. The Morgan fingerprint density at radius 1 is 1.22 bits per heavy atom. The van der Waals surface area contributed by atoms with Crippen LogP contribution in [0, 0.1) is 5.92 Å². The molecule has 32 heavy (non-hydrogen) atoms. The summed E-state index contributed by atoms with van der Waals surface area (Å²) in [6.45, 7) is 0.00984. The Labute approximate surface area is 187 Å². The molecule has 10 heteroatoms. The van der Waals surface area contributed by atoms with Gasteiger partial charge in [-0.05, 0) is 42.9 Å². The molecule has 2 aromatic heterocycles. The largest absolute Gasteiger partial charge is 0.381 e. The van der Waals surface area contributed by atoms with Gasteiger partial charge in [-0.1, -0.05) is 24.3 Å². The van der Waals surface area contributed by atoms with E-state index in [0.29, 0.717) is 6.42 Å². The predicted octanol–water partition coefficient (Wildman–Crippen LogP) is 2.72. The van der Waals surface area contributed by atoms with Gasteiger partial charge in [-0.15, -0.1) is 0 Å². The molecule has 1 saturated carbocycles. The lowest BCUT2D eigenvalue weighted by Crippen LogP contribution is -2.25. The van der Waals surface area contributed by atoms with Gasteiger partial charge >= 0.3 is 10.3 Å². The molecular weight excluding hydrogens is 430 g/mol. The average Bonchev–Trinajstić information content (AvgIpc) is 3.48. The summed E-state index contributed by atoms with van der Waals surface area (Å²) in [5.41, 5.74) is 3.56. The third-order valence-electron chi connectivity index (χ3n) is 6.70. The molecule has 0 unspecified atom stereocenters. The topological polar surface area (TPSA) is 121 Å². The lowest BCUT2D eigenvalue weighted by molar-refractivity contribution is 0.0517. The van der Waals surface area contributed by atoms with Crippen LogP contribution in [-0.4, -0.2) is 42.8 Å². The Balaban J connectivity index is 1.38. The number of nitrogens with one attached hydrogen (secondary N) is 1. The van der Waals surface area contributed by atoms with Gasteiger partial charge in [-0.3, -0.25) is 4.18 Å². The molecule has 1 aromatic carbocycles. The second-order valence-corrected chi connectivity index (χ2v) is 9.78. The zero-order valence-electron chi connectivity index (χ0n) is 17.8. The van der Waals surface area contributed by atoms with Gasteiger partial charge in [0.05, 0.1) is 24.1 Å². The van der Waals surface area contributed by atoms with Gasteiger partial charge in [0.25, 0.3) is 0 Å². The van der Waals surface area contributed by atoms with Crippen molar-refractivity contribution < 1.29 is 17.3 Å². The van der Waals surface area contributed by atoms with E-state index in [4.69, 9.17) is 14.1 Å². The van der Waals surface area contributed by atoms with E-state index < -0.39 is 10.3 Å². The number of fused-ring (bicyclic) bond motifs is 2. The molecule has 9 nitrogen and oxygen atoms in total. The Bertz CT molecular complexity index is 1230. The number of hydrogen-bond donors (Lipinski definition) is 2. The van der Waals surface area contributed by atoms with E-state index in [1.54, 1.807) is 13.4 Å². The monoisotopic (exact) mass is 457 g/mol. The van der Waals surface area contributed by atoms with Crippen LogP contribution in [0.15, 0.2) is 42.9 Å². The second kappa shape index (κ2) is 8.43. The predicted molar refractivity (Wildman–Crippen MR) is 120 cm³/mol. The molecule has 1 fully saturated rings. The second-order valence-electron chi connectivity index (χ2n) is 8.55. The zero-order chi connectivity index (χ0) is 22.3. The first kappa shape index (κ1) is 21.3. The van der Waals surface area contributed by atoms with Gasteiger partial charge < -0.3 is 14.6 Å². The number of aryl methyl sites for hydroxylation is 1. The minimum absolute atomic E-state index is 0.00984. The molecule has 5 rings (SSSR count). The molecule has 2 aliphatic carbocycles. The van der Waals surface area contributed by atoms with Gasteiger partial charge in [0.15, 0.2) is 0 Å². The molecule has 2 aliphatic rings. The minimum Gasteiger partial charge on any atom is -0.381 e. The van der Waals surface area contributed by atoms with Gasteiger partial charge in [0, 0.05) is 25.3 Å². The minimum atomic E-state index is -3.98. The van der Waals surface area contributed by atoms with Crippen LogP contribution in [0.3, 0.4) is 0 Å². The van der Waals surface area contributed by atoms with Gasteiger partial charge in [0.2, 0.25) is 0 Å². The fraction of sp³-hybridized carbons (Fsp3) is 0.455. The molecule has 170 valence electrons. The van der Waals surface area contributed by atoms with E-state index in [0.717, 1.165) is 36.1 Å². The summed E-state index contributed by atoms with van der Waals surface area (Å²) < 4.78 is 35.0. The number of anilines is 1. The Morgan fingerprint density at radius 2 is 2.06 bits per heavy atom. The molecule has 0 amide bonds. The number of nitrogens with zero attached hydrogens (tertiary/aromatic N) is 3. The van der Waals surface area contributed by atoms with E-state index in [-0.39, 0.29) is 30.7 Å². The fourth-order valence-electron chi connectivity index (χ4n) is 5.18. The van der Waals surface area contributed by atoms with Crippen LogP contribution in [0.25, 0.3) is 11.0 Å². The summed E-state index contributed by atoms with van der Waals surface area (Å²) in [4.78, 5) is 9.08. The molecule has 3 N–H and O–H groups in total. The zero-order valence-corrected chi connectivity index (χ0v) is 18.7. The van der Waals surface area contributed by atoms with Crippen LogP contribution in [-0.2, 0) is 25.6 Å². The van der Waals surface area contributed by atoms with Crippen molar-refractivity contribution in [3.63, 3.8) is 0 Å². The van der Waals surface area contributed by atoms with Gasteiger partial charge in [0.1, 0.15) is 17.8 Å². The maximum Gasteiger partial charge on any atom is 0.333 e. The normalized spacial score (nSPS) is 25.3. The summed E-state index contributed by atoms with van der Waals surface area (Å²) >= 11 is 0. The number of ether oxygens (including phenoxy) is 1. The number of methoxy groups -OCH3 is 1. The number of aromatic nitrogens is 3. The maximum absolute atomic E-state index is 11.2. The van der Waals surface area contributed by atoms with E-state index in [1.165, 1.54) is 11.1 Å². The number of hydrogen-bond acceptors (Lipinski definition) is 7. The first-order chi connectivity index (χ1) is 15.4. The Hall–Kier alpha value is -2.53. The fourth-order valence-corrected chi connectivity index (χ4v) is 5.55.